The van der Waals surface area contributed by atoms with Crippen molar-refractivity contribution >= 4 is 49.2 Å². The fourth-order valence-electron chi connectivity index (χ4n) is 8.33. The zero-order valence-electron chi connectivity index (χ0n) is 24.8. The lowest BCUT2D eigenvalue weighted by Gasteiger charge is -2.37. The van der Waals surface area contributed by atoms with Crippen LogP contribution in [0.25, 0.3) is 32.4 Å². The molecule has 5 fully saturated rings. The van der Waals surface area contributed by atoms with Gasteiger partial charge in [0, 0.05) is 55.2 Å². The average Bonchev–Trinajstić information content (AvgIpc) is 3.71. The Morgan fingerprint density at radius 1 is 1.07 bits per heavy atom. The Hall–Kier alpha value is -3.46. The zero-order valence-corrected chi connectivity index (χ0v) is 25.6. The van der Waals surface area contributed by atoms with Gasteiger partial charge in [-0.15, -0.1) is 0 Å². The monoisotopic (exact) mass is 635 g/mol. The van der Waals surface area contributed by atoms with E-state index >= 15 is 0 Å². The van der Waals surface area contributed by atoms with E-state index in [2.05, 4.69) is 20.1 Å². The maximum atomic E-state index is 14.9. The smallest absolute Gasteiger partial charge is 0.319 e. The third-order valence-corrected chi connectivity index (χ3v) is 11.4. The molecule has 236 valence electrons. The van der Waals surface area contributed by atoms with E-state index in [0.29, 0.717) is 76.7 Å². The Morgan fingerprint density at radius 3 is 2.67 bits per heavy atom. The number of rotatable bonds is 6. The molecule has 0 aliphatic carbocycles. The summed E-state index contributed by atoms with van der Waals surface area (Å²) in [5.74, 6) is 0.317. The maximum Gasteiger partial charge on any atom is 0.319 e. The van der Waals surface area contributed by atoms with Gasteiger partial charge in [-0.2, -0.15) is 9.97 Å². The molecule has 14 heteroatoms. The number of halogens is 2. The molecule has 8 heterocycles. The maximum absolute atomic E-state index is 14.9. The van der Waals surface area contributed by atoms with Gasteiger partial charge >= 0.3 is 6.01 Å². The van der Waals surface area contributed by atoms with Crippen LogP contribution in [0.4, 0.5) is 25.4 Å². The Bertz CT molecular complexity index is 1820. The quantitative estimate of drug-likeness (QED) is 0.286. The largest absolute Gasteiger partial charge is 0.461 e. The highest BCUT2D eigenvalue weighted by atomic mass is 32.1. The summed E-state index contributed by atoms with van der Waals surface area (Å²) in [6.07, 6.45) is 3.59. The molecule has 2 bridgehead atoms. The molecule has 4 aromatic rings. The number of alkyl halides is 1. The molecule has 5 aliphatic heterocycles. The number of nitrogens with two attached hydrogens (primary N) is 2. The minimum absolute atomic E-state index is 0.00484. The molecule has 9 rings (SSSR count). The van der Waals surface area contributed by atoms with Gasteiger partial charge in [-0.25, -0.2) is 18.7 Å². The Kier molecular flexibility index (Phi) is 6.35. The van der Waals surface area contributed by atoms with Gasteiger partial charge in [0.2, 0.25) is 0 Å². The fourth-order valence-corrected chi connectivity index (χ4v) is 9.09. The number of anilines is 3. The molecule has 0 saturated carbocycles. The number of thiazole rings is 1. The van der Waals surface area contributed by atoms with Crippen molar-refractivity contribution < 1.29 is 18.3 Å². The molecule has 3 aromatic heterocycles. The van der Waals surface area contributed by atoms with Crippen LogP contribution in [0.3, 0.4) is 0 Å². The van der Waals surface area contributed by atoms with Gasteiger partial charge in [-0.05, 0) is 44.4 Å². The molecule has 5 aliphatic rings. The second-order valence-electron chi connectivity index (χ2n) is 13.2. The normalized spacial score (nSPS) is 28.3. The number of nitrogen functional groups attached to an aromatic ring is 2. The van der Waals surface area contributed by atoms with Crippen LogP contribution in [-0.4, -0.2) is 94.6 Å². The molecule has 0 spiro atoms. The predicted octanol–water partition coefficient (Wildman–Crippen LogP) is 3.61. The first kappa shape index (κ1) is 27.8. The first-order valence-corrected chi connectivity index (χ1v) is 16.6. The average molecular weight is 636 g/mol. The van der Waals surface area contributed by atoms with Crippen LogP contribution in [-0.2, 0) is 4.74 Å². The van der Waals surface area contributed by atoms with Crippen molar-refractivity contribution in [1.82, 2.24) is 30.2 Å². The van der Waals surface area contributed by atoms with Crippen molar-refractivity contribution in [3.63, 3.8) is 0 Å². The fraction of sp³-hybridized carbons (Fsp3) is 0.548. The summed E-state index contributed by atoms with van der Waals surface area (Å²) >= 11 is 1.10. The number of benzene rings is 1. The summed E-state index contributed by atoms with van der Waals surface area (Å²) in [6, 6.07) is 3.84. The van der Waals surface area contributed by atoms with Gasteiger partial charge in [0.1, 0.15) is 29.6 Å². The number of nitrogens with one attached hydrogen (secondary N) is 1. The standard InChI is InChI=1S/C31H35F2N9O2S/c32-16-8-31(6-1-7-41(31)11-16)14-44-30-39-25-22(34)21(19-4-5-20(33)27-24(19)38-29(35)45-27)23(15-12-43-13-15)37-26(25)28(40-30)42-17-2-3-18(42)10-36-9-17/h4-5,15-18,36H,1-3,6-14H2,(H2,34,37)(H2,35,38)/t16-,17?,18?,31+/m1/s1. The molecule has 45 heavy (non-hydrogen) atoms. The second-order valence-corrected chi connectivity index (χ2v) is 14.2. The summed E-state index contributed by atoms with van der Waals surface area (Å²) < 4.78 is 41.8. The number of fused-ring (bicyclic) bond motifs is 5. The number of ether oxygens (including phenoxy) is 2. The molecule has 4 atom stereocenters. The van der Waals surface area contributed by atoms with Gasteiger partial charge in [-0.1, -0.05) is 11.3 Å². The van der Waals surface area contributed by atoms with Crippen LogP contribution < -0.4 is 26.4 Å². The minimum atomic E-state index is -0.859. The van der Waals surface area contributed by atoms with Crippen LogP contribution in [0.2, 0.25) is 0 Å². The Balaban J connectivity index is 1.24. The summed E-state index contributed by atoms with van der Waals surface area (Å²) in [6.45, 7) is 4.32. The first-order chi connectivity index (χ1) is 21.9. The third kappa shape index (κ3) is 4.29. The number of pyridine rings is 1. The third-order valence-electron chi connectivity index (χ3n) is 10.5. The lowest BCUT2D eigenvalue weighted by atomic mass is 9.91. The van der Waals surface area contributed by atoms with E-state index in [1.165, 1.54) is 6.07 Å². The number of hydrogen-bond acceptors (Lipinski definition) is 12. The number of hydrogen-bond donors (Lipinski definition) is 3. The lowest BCUT2D eigenvalue weighted by molar-refractivity contribution is 0.00710. The highest BCUT2D eigenvalue weighted by Gasteiger charge is 2.49. The molecule has 5 saturated heterocycles. The van der Waals surface area contributed by atoms with Crippen LogP contribution in [0.5, 0.6) is 6.01 Å². The van der Waals surface area contributed by atoms with Gasteiger partial charge in [0.15, 0.2) is 10.9 Å². The summed E-state index contributed by atoms with van der Waals surface area (Å²) in [4.78, 5) is 24.3. The molecule has 0 amide bonds. The van der Waals surface area contributed by atoms with Crippen LogP contribution >= 0.6 is 11.3 Å². The van der Waals surface area contributed by atoms with E-state index in [1.54, 1.807) is 6.07 Å². The van der Waals surface area contributed by atoms with Gasteiger partial charge < -0.3 is 31.2 Å². The summed E-state index contributed by atoms with van der Waals surface area (Å²) in [5.41, 5.74) is 16.8. The van der Waals surface area contributed by atoms with E-state index in [9.17, 15) is 8.78 Å². The Labute approximate surface area is 262 Å². The lowest BCUT2D eigenvalue weighted by Crippen LogP contribution is -2.52. The summed E-state index contributed by atoms with van der Waals surface area (Å²) in [7, 11) is 0. The van der Waals surface area contributed by atoms with Crippen molar-refractivity contribution in [2.24, 2.45) is 0 Å². The van der Waals surface area contributed by atoms with Crippen molar-refractivity contribution in [3.8, 4) is 17.1 Å². The highest BCUT2D eigenvalue weighted by Crippen LogP contribution is 2.46. The van der Waals surface area contributed by atoms with Gasteiger partial charge in [-0.3, -0.25) is 4.90 Å². The topological polar surface area (TPSA) is 141 Å². The molecule has 0 radical (unpaired) electrons. The number of nitrogens with zero attached hydrogens (tertiary/aromatic N) is 6. The highest BCUT2D eigenvalue weighted by molar-refractivity contribution is 7.22. The SMILES string of the molecule is Nc1nc2c(-c3c(C4COC4)nc4c(N5C6CCC5CNC6)nc(OC[C@@]56CCCN5C[C@H](F)C6)nc4c3N)ccc(F)c2s1. The van der Waals surface area contributed by atoms with Crippen LogP contribution in [0.15, 0.2) is 12.1 Å². The summed E-state index contributed by atoms with van der Waals surface area (Å²) in [5, 5.41) is 3.82. The Morgan fingerprint density at radius 2 is 1.89 bits per heavy atom. The molecule has 1 aromatic carbocycles. The van der Waals surface area contributed by atoms with Crippen LogP contribution in [0.1, 0.15) is 43.7 Å². The van der Waals surface area contributed by atoms with E-state index < -0.39 is 6.17 Å². The van der Waals surface area contributed by atoms with Crippen molar-refractivity contribution in [2.75, 3.05) is 62.4 Å². The number of aromatic nitrogens is 4. The number of piperazine rings is 1. The van der Waals surface area contributed by atoms with E-state index in [-0.39, 0.29) is 40.5 Å². The molecule has 11 nitrogen and oxygen atoms in total. The van der Waals surface area contributed by atoms with Crippen molar-refractivity contribution in [2.45, 2.75) is 61.8 Å². The van der Waals surface area contributed by atoms with Crippen molar-refractivity contribution in [1.29, 1.82) is 0 Å². The van der Waals surface area contributed by atoms with E-state index in [4.69, 9.17) is 35.9 Å². The zero-order chi connectivity index (χ0) is 30.4. The van der Waals surface area contributed by atoms with Gasteiger partial charge in [0.05, 0.1) is 40.4 Å². The molecular weight excluding hydrogens is 600 g/mol. The van der Waals surface area contributed by atoms with E-state index in [0.717, 1.165) is 62.3 Å². The van der Waals surface area contributed by atoms with Crippen LogP contribution in [0, 0.1) is 5.82 Å². The minimum Gasteiger partial charge on any atom is -0.461 e. The first-order valence-electron chi connectivity index (χ1n) is 15.8. The predicted molar refractivity (Wildman–Crippen MR) is 169 cm³/mol. The van der Waals surface area contributed by atoms with E-state index in [1.807, 2.05) is 0 Å². The molecule has 2 unspecified atom stereocenters. The molecule has 5 N–H and O–H groups in total. The van der Waals surface area contributed by atoms with Crippen molar-refractivity contribution in [3.05, 3.63) is 23.6 Å². The van der Waals surface area contributed by atoms with Gasteiger partial charge in [0.25, 0.3) is 0 Å². The molecular formula is C31H35F2N9O2S. The second kappa shape index (κ2) is 10.3.